The first-order chi connectivity index (χ1) is 9.83. The molecule has 3 rings (SSSR count). The van der Waals surface area contributed by atoms with E-state index in [1.807, 2.05) is 6.92 Å². The number of hydrogen-bond donors (Lipinski definition) is 1. The summed E-state index contributed by atoms with van der Waals surface area (Å²) < 4.78 is 5.20. The molecule has 1 fully saturated rings. The SMILES string of the molecule is CCc1noc(CSc2cccc(CNC3CC3)c2)n1. The largest absolute Gasteiger partial charge is 0.338 e. The van der Waals surface area contributed by atoms with E-state index in [0.29, 0.717) is 5.89 Å². The summed E-state index contributed by atoms with van der Waals surface area (Å²) in [6, 6.07) is 9.38. The van der Waals surface area contributed by atoms with Crippen LogP contribution in [0.25, 0.3) is 0 Å². The van der Waals surface area contributed by atoms with E-state index in [1.54, 1.807) is 11.8 Å². The Labute approximate surface area is 123 Å². The molecule has 0 bridgehead atoms. The third kappa shape index (κ3) is 3.84. The van der Waals surface area contributed by atoms with Gasteiger partial charge in [0.05, 0.1) is 5.75 Å². The summed E-state index contributed by atoms with van der Waals surface area (Å²) in [5, 5.41) is 7.45. The smallest absolute Gasteiger partial charge is 0.237 e. The van der Waals surface area contributed by atoms with Crippen molar-refractivity contribution in [3.63, 3.8) is 0 Å². The second-order valence-electron chi connectivity index (χ2n) is 5.05. The second-order valence-corrected chi connectivity index (χ2v) is 6.10. The lowest BCUT2D eigenvalue weighted by Crippen LogP contribution is -2.15. The zero-order chi connectivity index (χ0) is 13.8. The van der Waals surface area contributed by atoms with Gasteiger partial charge in [-0.1, -0.05) is 24.2 Å². The molecule has 106 valence electrons. The summed E-state index contributed by atoms with van der Waals surface area (Å²) in [6.07, 6.45) is 3.47. The molecule has 1 N–H and O–H groups in total. The first kappa shape index (κ1) is 13.6. The van der Waals surface area contributed by atoms with Crippen LogP contribution in [-0.2, 0) is 18.7 Å². The highest BCUT2D eigenvalue weighted by Crippen LogP contribution is 2.24. The van der Waals surface area contributed by atoms with E-state index in [9.17, 15) is 0 Å². The molecule has 1 aliphatic carbocycles. The van der Waals surface area contributed by atoms with E-state index < -0.39 is 0 Å². The molecule has 1 heterocycles. The minimum absolute atomic E-state index is 0.702. The summed E-state index contributed by atoms with van der Waals surface area (Å²) in [6.45, 7) is 2.98. The van der Waals surface area contributed by atoms with Crippen LogP contribution in [0.3, 0.4) is 0 Å². The number of nitrogens with zero attached hydrogens (tertiary/aromatic N) is 2. The number of aromatic nitrogens is 2. The Kier molecular flexibility index (Phi) is 4.38. The Bertz CT molecular complexity index is 566. The van der Waals surface area contributed by atoms with E-state index in [0.717, 1.165) is 30.6 Å². The van der Waals surface area contributed by atoms with Crippen molar-refractivity contribution in [3.8, 4) is 0 Å². The molecule has 0 atom stereocenters. The van der Waals surface area contributed by atoms with Crippen molar-refractivity contribution in [2.24, 2.45) is 0 Å². The molecular weight excluding hydrogens is 270 g/mol. The molecule has 20 heavy (non-hydrogen) atoms. The fourth-order valence-corrected chi connectivity index (χ4v) is 2.75. The van der Waals surface area contributed by atoms with E-state index in [4.69, 9.17) is 4.52 Å². The zero-order valence-corrected chi connectivity index (χ0v) is 12.4. The second kappa shape index (κ2) is 6.41. The van der Waals surface area contributed by atoms with Gasteiger partial charge in [-0.2, -0.15) is 4.98 Å². The zero-order valence-electron chi connectivity index (χ0n) is 11.6. The van der Waals surface area contributed by atoms with Gasteiger partial charge in [0.2, 0.25) is 5.89 Å². The van der Waals surface area contributed by atoms with Crippen LogP contribution in [0.5, 0.6) is 0 Å². The van der Waals surface area contributed by atoms with Crippen LogP contribution in [0.2, 0.25) is 0 Å². The summed E-state index contributed by atoms with van der Waals surface area (Å²) in [5.41, 5.74) is 1.33. The molecule has 1 aliphatic rings. The Morgan fingerprint density at radius 2 is 2.30 bits per heavy atom. The van der Waals surface area contributed by atoms with Crippen LogP contribution in [0.1, 0.15) is 37.0 Å². The van der Waals surface area contributed by atoms with E-state index in [2.05, 4.69) is 39.7 Å². The number of benzene rings is 1. The highest BCUT2D eigenvalue weighted by molar-refractivity contribution is 7.98. The van der Waals surface area contributed by atoms with Crippen LogP contribution in [0, 0.1) is 0 Å². The highest BCUT2D eigenvalue weighted by Gasteiger charge is 2.19. The van der Waals surface area contributed by atoms with Crippen LogP contribution in [0.15, 0.2) is 33.7 Å². The highest BCUT2D eigenvalue weighted by atomic mass is 32.2. The van der Waals surface area contributed by atoms with Crippen molar-refractivity contribution in [3.05, 3.63) is 41.5 Å². The molecule has 4 nitrogen and oxygen atoms in total. The molecule has 0 amide bonds. The third-order valence-electron chi connectivity index (χ3n) is 3.26. The van der Waals surface area contributed by atoms with Crippen molar-refractivity contribution in [1.29, 1.82) is 0 Å². The number of nitrogens with one attached hydrogen (secondary N) is 1. The lowest BCUT2D eigenvalue weighted by Gasteiger charge is -2.05. The third-order valence-corrected chi connectivity index (χ3v) is 4.24. The molecule has 2 aromatic rings. The predicted molar refractivity (Wildman–Crippen MR) is 79.5 cm³/mol. The van der Waals surface area contributed by atoms with Gasteiger partial charge in [-0.3, -0.25) is 0 Å². The molecule has 0 spiro atoms. The van der Waals surface area contributed by atoms with E-state index in [1.165, 1.54) is 23.3 Å². The Morgan fingerprint density at radius 3 is 3.05 bits per heavy atom. The normalized spacial score (nSPS) is 14.7. The van der Waals surface area contributed by atoms with Gasteiger partial charge < -0.3 is 9.84 Å². The maximum absolute atomic E-state index is 5.20. The molecule has 1 aromatic carbocycles. The van der Waals surface area contributed by atoms with Crippen LogP contribution in [-0.4, -0.2) is 16.2 Å². The van der Waals surface area contributed by atoms with Crippen LogP contribution < -0.4 is 5.32 Å². The van der Waals surface area contributed by atoms with Gasteiger partial charge in [0, 0.05) is 23.9 Å². The molecule has 5 heteroatoms. The Morgan fingerprint density at radius 1 is 1.40 bits per heavy atom. The predicted octanol–water partition coefficient (Wildman–Crippen LogP) is 3.18. The van der Waals surface area contributed by atoms with Gasteiger partial charge in [0.25, 0.3) is 0 Å². The number of aryl methyl sites for hydroxylation is 1. The average Bonchev–Trinajstić information content (AvgIpc) is 3.20. The van der Waals surface area contributed by atoms with Crippen molar-refractivity contribution >= 4 is 11.8 Å². The summed E-state index contributed by atoms with van der Waals surface area (Å²) in [7, 11) is 0. The molecule has 1 saturated carbocycles. The molecular formula is C15H19N3OS. The van der Waals surface area contributed by atoms with Gasteiger partial charge >= 0.3 is 0 Å². The van der Waals surface area contributed by atoms with Gasteiger partial charge in [-0.15, -0.1) is 11.8 Å². The fourth-order valence-electron chi connectivity index (χ4n) is 1.93. The first-order valence-corrected chi connectivity index (χ1v) is 8.08. The van der Waals surface area contributed by atoms with Gasteiger partial charge in [0.15, 0.2) is 5.82 Å². The van der Waals surface area contributed by atoms with E-state index >= 15 is 0 Å². The van der Waals surface area contributed by atoms with Gasteiger partial charge in [-0.25, -0.2) is 0 Å². The summed E-state index contributed by atoms with van der Waals surface area (Å²) >= 11 is 1.74. The van der Waals surface area contributed by atoms with Crippen molar-refractivity contribution in [1.82, 2.24) is 15.5 Å². The minimum Gasteiger partial charge on any atom is -0.338 e. The molecule has 0 aliphatic heterocycles. The Hall–Kier alpha value is -1.33. The quantitative estimate of drug-likeness (QED) is 0.793. The summed E-state index contributed by atoms with van der Waals surface area (Å²) in [4.78, 5) is 5.57. The van der Waals surface area contributed by atoms with Crippen molar-refractivity contribution < 1.29 is 4.52 Å². The van der Waals surface area contributed by atoms with Crippen LogP contribution in [0.4, 0.5) is 0 Å². The standard InChI is InChI=1S/C15H19N3OS/c1-2-14-17-15(19-18-14)10-20-13-5-3-4-11(8-13)9-16-12-6-7-12/h3-5,8,12,16H,2,6-7,9-10H2,1H3. The van der Waals surface area contributed by atoms with Gasteiger partial charge in [-0.05, 0) is 30.5 Å². The molecule has 0 saturated heterocycles. The van der Waals surface area contributed by atoms with E-state index in [-0.39, 0.29) is 0 Å². The number of thioether (sulfide) groups is 1. The monoisotopic (exact) mass is 289 g/mol. The number of hydrogen-bond acceptors (Lipinski definition) is 5. The molecule has 0 radical (unpaired) electrons. The minimum atomic E-state index is 0.702. The Balaban J connectivity index is 1.54. The van der Waals surface area contributed by atoms with Crippen molar-refractivity contribution in [2.45, 2.75) is 49.4 Å². The maximum Gasteiger partial charge on any atom is 0.237 e. The van der Waals surface area contributed by atoms with Gasteiger partial charge in [0.1, 0.15) is 0 Å². The fraction of sp³-hybridized carbons (Fsp3) is 0.467. The van der Waals surface area contributed by atoms with Crippen LogP contribution >= 0.6 is 11.8 Å². The molecule has 1 aromatic heterocycles. The lowest BCUT2D eigenvalue weighted by molar-refractivity contribution is 0.385. The average molecular weight is 289 g/mol. The topological polar surface area (TPSA) is 51.0 Å². The van der Waals surface area contributed by atoms with Crippen molar-refractivity contribution in [2.75, 3.05) is 0 Å². The number of rotatable bonds is 7. The lowest BCUT2D eigenvalue weighted by atomic mass is 10.2. The molecule has 0 unspecified atom stereocenters. The maximum atomic E-state index is 5.20. The first-order valence-electron chi connectivity index (χ1n) is 7.10. The summed E-state index contributed by atoms with van der Waals surface area (Å²) in [5.74, 6) is 2.21.